The minimum Gasteiger partial charge on any atom is -0.371 e. The lowest BCUT2D eigenvalue weighted by molar-refractivity contribution is -0.121. The van der Waals surface area contributed by atoms with Crippen molar-refractivity contribution >= 4 is 46.4 Å². The average molecular weight is 308 g/mol. The minimum atomic E-state index is -0.471. The molecule has 2 N–H and O–H groups in total. The molecule has 1 unspecified atom stereocenters. The van der Waals surface area contributed by atoms with E-state index in [2.05, 4.69) is 17.2 Å². The highest BCUT2D eigenvalue weighted by molar-refractivity contribution is 6.41. The number of carbonyl (C=O) groups excluding carboxylic acids is 1. The third-order valence-corrected chi connectivity index (χ3v) is 3.00. The van der Waals surface area contributed by atoms with Crippen LogP contribution in [0.3, 0.4) is 0 Å². The average Bonchev–Trinajstić information content (AvgIpc) is 2.30. The molecule has 18 heavy (non-hydrogen) atoms. The predicted molar refractivity (Wildman–Crippen MR) is 77.8 cm³/mol. The molecule has 0 fully saturated rings. The van der Waals surface area contributed by atoms with Crippen molar-refractivity contribution in [3.63, 3.8) is 0 Å². The summed E-state index contributed by atoms with van der Waals surface area (Å²) in [5, 5.41) is 6.80. The van der Waals surface area contributed by atoms with Crippen LogP contribution >= 0.6 is 34.8 Å². The van der Waals surface area contributed by atoms with Gasteiger partial charge < -0.3 is 10.6 Å². The van der Waals surface area contributed by atoms with Crippen LogP contribution in [0.1, 0.15) is 6.92 Å². The summed E-state index contributed by atoms with van der Waals surface area (Å²) in [7, 11) is 0. The van der Waals surface area contributed by atoms with Crippen molar-refractivity contribution in [2.24, 2.45) is 0 Å². The van der Waals surface area contributed by atoms with Crippen LogP contribution < -0.4 is 10.6 Å². The first-order chi connectivity index (χ1) is 8.45. The molecule has 0 radical (unpaired) electrons. The Balaban J connectivity index is 2.78. The van der Waals surface area contributed by atoms with Gasteiger partial charge in [-0.05, 0) is 19.1 Å². The molecule has 0 saturated heterocycles. The molecule has 0 aliphatic rings. The van der Waals surface area contributed by atoms with E-state index in [1.165, 1.54) is 0 Å². The summed E-state index contributed by atoms with van der Waals surface area (Å²) in [4.78, 5) is 11.7. The second kappa shape index (κ2) is 6.88. The highest BCUT2D eigenvalue weighted by Crippen LogP contribution is 2.33. The number of nitrogens with one attached hydrogen (secondary N) is 2. The SMILES string of the molecule is C=CCNC(=O)C(C)Nc1c(Cl)cc(Cl)cc1Cl. The topological polar surface area (TPSA) is 41.1 Å². The van der Waals surface area contributed by atoms with E-state index in [9.17, 15) is 4.79 Å². The van der Waals surface area contributed by atoms with E-state index < -0.39 is 6.04 Å². The number of anilines is 1. The number of amides is 1. The molecule has 0 bridgehead atoms. The molecule has 3 nitrogen and oxygen atoms in total. The van der Waals surface area contributed by atoms with Crippen molar-refractivity contribution in [1.82, 2.24) is 5.32 Å². The first-order valence-corrected chi connectivity index (χ1v) is 6.38. The monoisotopic (exact) mass is 306 g/mol. The van der Waals surface area contributed by atoms with Crippen LogP contribution in [-0.2, 0) is 4.79 Å². The van der Waals surface area contributed by atoms with Crippen molar-refractivity contribution in [3.05, 3.63) is 39.9 Å². The van der Waals surface area contributed by atoms with Gasteiger partial charge >= 0.3 is 0 Å². The summed E-state index contributed by atoms with van der Waals surface area (Å²) >= 11 is 17.8. The second-order valence-electron chi connectivity index (χ2n) is 3.64. The van der Waals surface area contributed by atoms with Crippen LogP contribution in [-0.4, -0.2) is 18.5 Å². The van der Waals surface area contributed by atoms with Crippen molar-refractivity contribution in [3.8, 4) is 0 Å². The van der Waals surface area contributed by atoms with E-state index in [0.29, 0.717) is 27.3 Å². The van der Waals surface area contributed by atoms with Gasteiger partial charge in [-0.3, -0.25) is 4.79 Å². The molecular weight excluding hydrogens is 295 g/mol. The largest absolute Gasteiger partial charge is 0.371 e. The standard InChI is InChI=1S/C12H13Cl3N2O/c1-3-4-16-12(18)7(2)17-11-9(14)5-8(13)6-10(11)15/h3,5-7,17H,1,4H2,2H3,(H,16,18). The zero-order chi connectivity index (χ0) is 13.7. The van der Waals surface area contributed by atoms with Crippen LogP contribution in [0.25, 0.3) is 0 Å². The van der Waals surface area contributed by atoms with Crippen molar-refractivity contribution in [2.45, 2.75) is 13.0 Å². The first-order valence-electron chi connectivity index (χ1n) is 5.25. The maximum Gasteiger partial charge on any atom is 0.242 e. The Bertz CT molecular complexity index is 440. The van der Waals surface area contributed by atoms with Crippen LogP contribution in [0.4, 0.5) is 5.69 Å². The van der Waals surface area contributed by atoms with Crippen molar-refractivity contribution in [1.29, 1.82) is 0 Å². The summed E-state index contributed by atoms with van der Waals surface area (Å²) < 4.78 is 0. The van der Waals surface area contributed by atoms with E-state index in [0.717, 1.165) is 0 Å². The Labute approximate surface area is 121 Å². The van der Waals surface area contributed by atoms with Gasteiger partial charge in [-0.1, -0.05) is 40.9 Å². The fraction of sp³-hybridized carbons (Fsp3) is 0.250. The van der Waals surface area contributed by atoms with E-state index in [1.54, 1.807) is 25.1 Å². The number of hydrogen-bond donors (Lipinski definition) is 2. The van der Waals surface area contributed by atoms with Gasteiger partial charge in [-0.25, -0.2) is 0 Å². The van der Waals surface area contributed by atoms with E-state index in [1.807, 2.05) is 0 Å². The molecule has 98 valence electrons. The fourth-order valence-electron chi connectivity index (χ4n) is 1.29. The Morgan fingerprint density at radius 2 is 1.94 bits per heavy atom. The molecule has 0 spiro atoms. The lowest BCUT2D eigenvalue weighted by atomic mass is 10.2. The Kier molecular flexibility index (Phi) is 5.79. The minimum absolute atomic E-state index is 0.169. The third kappa shape index (κ3) is 4.09. The summed E-state index contributed by atoms with van der Waals surface area (Å²) in [5.41, 5.74) is 0.490. The molecule has 0 aliphatic heterocycles. The van der Waals surface area contributed by atoms with Crippen molar-refractivity contribution in [2.75, 3.05) is 11.9 Å². The van der Waals surface area contributed by atoms with E-state index >= 15 is 0 Å². The van der Waals surface area contributed by atoms with Crippen LogP contribution in [0.2, 0.25) is 15.1 Å². The van der Waals surface area contributed by atoms with Gasteiger partial charge in [0.1, 0.15) is 6.04 Å². The number of carbonyl (C=O) groups is 1. The summed E-state index contributed by atoms with van der Waals surface area (Å²) in [6.07, 6.45) is 1.60. The molecule has 1 atom stereocenters. The lowest BCUT2D eigenvalue weighted by Gasteiger charge is -2.17. The highest BCUT2D eigenvalue weighted by atomic mass is 35.5. The van der Waals surface area contributed by atoms with Crippen LogP contribution in [0, 0.1) is 0 Å². The van der Waals surface area contributed by atoms with Crippen molar-refractivity contribution < 1.29 is 4.79 Å². The molecule has 1 rings (SSSR count). The maximum atomic E-state index is 11.7. The summed E-state index contributed by atoms with van der Waals surface area (Å²) in [6, 6.07) is 2.65. The number of hydrogen-bond acceptors (Lipinski definition) is 2. The van der Waals surface area contributed by atoms with Gasteiger partial charge in [-0.15, -0.1) is 6.58 Å². The summed E-state index contributed by atoms with van der Waals surface area (Å²) in [5.74, 6) is -0.169. The number of benzene rings is 1. The predicted octanol–water partition coefficient (Wildman–Crippen LogP) is 3.75. The van der Waals surface area contributed by atoms with E-state index in [-0.39, 0.29) is 5.91 Å². The molecule has 1 aromatic carbocycles. The zero-order valence-corrected chi connectivity index (χ0v) is 12.0. The Hall–Kier alpha value is -0.900. The fourth-order valence-corrected chi connectivity index (χ4v) is 2.21. The van der Waals surface area contributed by atoms with Gasteiger partial charge in [-0.2, -0.15) is 0 Å². The summed E-state index contributed by atoms with van der Waals surface area (Å²) in [6.45, 7) is 5.64. The number of rotatable bonds is 5. The number of halogens is 3. The quantitative estimate of drug-likeness (QED) is 0.813. The maximum absolute atomic E-state index is 11.7. The van der Waals surface area contributed by atoms with Crippen LogP contribution in [0.15, 0.2) is 24.8 Å². The second-order valence-corrected chi connectivity index (χ2v) is 4.90. The molecule has 0 saturated carbocycles. The molecule has 0 heterocycles. The Morgan fingerprint density at radius 1 is 1.39 bits per heavy atom. The van der Waals surface area contributed by atoms with Gasteiger partial charge in [0.25, 0.3) is 0 Å². The smallest absolute Gasteiger partial charge is 0.242 e. The van der Waals surface area contributed by atoms with Gasteiger partial charge in [0.15, 0.2) is 0 Å². The van der Waals surface area contributed by atoms with E-state index in [4.69, 9.17) is 34.8 Å². The first kappa shape index (κ1) is 15.2. The molecule has 6 heteroatoms. The van der Waals surface area contributed by atoms with Crippen LogP contribution in [0.5, 0.6) is 0 Å². The lowest BCUT2D eigenvalue weighted by Crippen LogP contribution is -2.37. The van der Waals surface area contributed by atoms with Gasteiger partial charge in [0, 0.05) is 11.6 Å². The molecular formula is C12H13Cl3N2O. The Morgan fingerprint density at radius 3 is 2.44 bits per heavy atom. The zero-order valence-electron chi connectivity index (χ0n) is 9.77. The highest BCUT2D eigenvalue weighted by Gasteiger charge is 2.15. The third-order valence-electron chi connectivity index (χ3n) is 2.18. The molecule has 1 aromatic rings. The molecule has 1 amide bonds. The van der Waals surface area contributed by atoms with Gasteiger partial charge in [0.2, 0.25) is 5.91 Å². The molecule has 0 aromatic heterocycles. The normalized spacial score (nSPS) is 11.8. The molecule has 0 aliphatic carbocycles. The van der Waals surface area contributed by atoms with Gasteiger partial charge in [0.05, 0.1) is 15.7 Å².